The first-order valence-corrected chi connectivity index (χ1v) is 5.27. The van der Waals surface area contributed by atoms with Crippen molar-refractivity contribution < 1.29 is 5.11 Å². The molecule has 0 aliphatic rings. The van der Waals surface area contributed by atoms with Crippen LogP contribution in [0.2, 0.25) is 0 Å². The van der Waals surface area contributed by atoms with Crippen LogP contribution in [0.3, 0.4) is 0 Å². The van der Waals surface area contributed by atoms with Crippen LogP contribution in [0.4, 0.5) is 0 Å². The van der Waals surface area contributed by atoms with Crippen molar-refractivity contribution in [1.82, 2.24) is 9.78 Å². The molecule has 2 aromatic rings. The largest absolute Gasteiger partial charge is 0.379 e. The highest BCUT2D eigenvalue weighted by molar-refractivity contribution is 5.37. The zero-order valence-electron chi connectivity index (χ0n) is 9.75. The van der Waals surface area contributed by atoms with Crippen molar-refractivity contribution in [2.45, 2.75) is 12.5 Å². The van der Waals surface area contributed by atoms with Gasteiger partial charge in [0.05, 0.1) is 17.3 Å². The second kappa shape index (κ2) is 4.04. The van der Waals surface area contributed by atoms with E-state index in [1.165, 1.54) is 0 Å². The fourth-order valence-electron chi connectivity index (χ4n) is 1.87. The van der Waals surface area contributed by atoms with Gasteiger partial charge in [0.15, 0.2) is 0 Å². The molecule has 4 heteroatoms. The number of nitrogens with zero attached hydrogens (tertiary/aromatic N) is 3. The van der Waals surface area contributed by atoms with Crippen molar-refractivity contribution in [1.29, 1.82) is 5.26 Å². The number of rotatable bonds is 2. The van der Waals surface area contributed by atoms with Gasteiger partial charge in [-0.05, 0) is 30.7 Å². The van der Waals surface area contributed by atoms with Gasteiger partial charge in [-0.1, -0.05) is 12.1 Å². The van der Waals surface area contributed by atoms with Crippen LogP contribution in [0, 0.1) is 11.3 Å². The SMILES string of the molecule is Cn1nccc1C(C)(O)c1ccc(C#N)cc1. The summed E-state index contributed by atoms with van der Waals surface area (Å²) >= 11 is 0. The fourth-order valence-corrected chi connectivity index (χ4v) is 1.87. The van der Waals surface area contributed by atoms with E-state index in [1.54, 1.807) is 55.2 Å². The van der Waals surface area contributed by atoms with E-state index in [4.69, 9.17) is 5.26 Å². The average molecular weight is 227 g/mol. The van der Waals surface area contributed by atoms with Gasteiger partial charge in [-0.25, -0.2) is 0 Å². The Morgan fingerprint density at radius 2 is 1.94 bits per heavy atom. The van der Waals surface area contributed by atoms with Crippen molar-refractivity contribution in [3.05, 3.63) is 53.3 Å². The Kier molecular flexibility index (Phi) is 2.70. The summed E-state index contributed by atoms with van der Waals surface area (Å²) < 4.78 is 1.64. The van der Waals surface area contributed by atoms with Gasteiger partial charge < -0.3 is 5.11 Å². The number of aliphatic hydroxyl groups is 1. The first kappa shape index (κ1) is 11.4. The topological polar surface area (TPSA) is 61.8 Å². The fraction of sp³-hybridized carbons (Fsp3) is 0.231. The third-order valence-electron chi connectivity index (χ3n) is 2.90. The van der Waals surface area contributed by atoms with Crippen LogP contribution >= 0.6 is 0 Å². The van der Waals surface area contributed by atoms with Crippen molar-refractivity contribution >= 4 is 0 Å². The normalized spacial score (nSPS) is 14.0. The Morgan fingerprint density at radius 3 is 2.41 bits per heavy atom. The standard InChI is InChI=1S/C13H13N3O/c1-13(17,12-7-8-15-16(12)2)11-5-3-10(9-14)4-6-11/h3-8,17H,1-2H3. The van der Waals surface area contributed by atoms with E-state index < -0.39 is 5.60 Å². The van der Waals surface area contributed by atoms with E-state index in [2.05, 4.69) is 11.2 Å². The zero-order valence-corrected chi connectivity index (χ0v) is 9.75. The molecule has 0 spiro atoms. The molecule has 0 amide bonds. The number of aryl methyl sites for hydroxylation is 1. The van der Waals surface area contributed by atoms with Gasteiger partial charge in [0.2, 0.25) is 0 Å². The highest BCUT2D eigenvalue weighted by atomic mass is 16.3. The lowest BCUT2D eigenvalue weighted by atomic mass is 9.92. The Morgan fingerprint density at radius 1 is 1.29 bits per heavy atom. The van der Waals surface area contributed by atoms with E-state index in [9.17, 15) is 5.11 Å². The maximum atomic E-state index is 10.5. The number of hydrogen-bond donors (Lipinski definition) is 1. The smallest absolute Gasteiger partial charge is 0.128 e. The molecule has 1 N–H and O–H groups in total. The van der Waals surface area contributed by atoms with Gasteiger partial charge in [-0.2, -0.15) is 10.4 Å². The molecule has 0 saturated heterocycles. The highest BCUT2D eigenvalue weighted by Gasteiger charge is 2.28. The van der Waals surface area contributed by atoms with E-state index in [0.29, 0.717) is 11.3 Å². The van der Waals surface area contributed by atoms with Crippen molar-refractivity contribution in [3.63, 3.8) is 0 Å². The number of aromatic nitrogens is 2. The van der Waals surface area contributed by atoms with Crippen LogP contribution < -0.4 is 0 Å². The quantitative estimate of drug-likeness (QED) is 0.846. The summed E-state index contributed by atoms with van der Waals surface area (Å²) in [5.41, 5.74) is 0.913. The summed E-state index contributed by atoms with van der Waals surface area (Å²) in [6, 6.07) is 10.7. The monoisotopic (exact) mass is 227 g/mol. The molecule has 1 atom stereocenters. The van der Waals surface area contributed by atoms with Crippen molar-refractivity contribution in [3.8, 4) is 6.07 Å². The summed E-state index contributed by atoms with van der Waals surface area (Å²) in [6.45, 7) is 1.71. The lowest BCUT2D eigenvalue weighted by Gasteiger charge is -2.24. The Bertz CT molecular complexity index is 561. The molecule has 86 valence electrons. The lowest BCUT2D eigenvalue weighted by Crippen LogP contribution is -2.26. The maximum absolute atomic E-state index is 10.5. The van der Waals surface area contributed by atoms with Gasteiger partial charge in [-0.3, -0.25) is 4.68 Å². The Labute approximate surface area is 99.7 Å². The summed E-state index contributed by atoms with van der Waals surface area (Å²) in [6.07, 6.45) is 1.65. The van der Waals surface area contributed by atoms with Gasteiger partial charge in [0.1, 0.15) is 5.60 Å². The van der Waals surface area contributed by atoms with Crippen molar-refractivity contribution in [2.75, 3.05) is 0 Å². The first-order chi connectivity index (χ1) is 8.05. The van der Waals surface area contributed by atoms with Gasteiger partial charge >= 0.3 is 0 Å². The molecule has 2 rings (SSSR count). The summed E-state index contributed by atoms with van der Waals surface area (Å²) in [5, 5.41) is 23.3. The molecule has 17 heavy (non-hydrogen) atoms. The maximum Gasteiger partial charge on any atom is 0.128 e. The molecular formula is C13H13N3O. The molecule has 0 aliphatic carbocycles. The lowest BCUT2D eigenvalue weighted by molar-refractivity contribution is 0.0929. The molecule has 0 saturated carbocycles. The minimum absolute atomic E-state index is 0.578. The molecule has 1 heterocycles. The van der Waals surface area contributed by atoms with E-state index in [-0.39, 0.29) is 0 Å². The van der Waals surface area contributed by atoms with E-state index in [1.807, 2.05) is 0 Å². The van der Waals surface area contributed by atoms with Crippen LogP contribution in [0.5, 0.6) is 0 Å². The van der Waals surface area contributed by atoms with Crippen molar-refractivity contribution in [2.24, 2.45) is 7.05 Å². The highest BCUT2D eigenvalue weighted by Crippen LogP contribution is 2.28. The summed E-state index contributed by atoms with van der Waals surface area (Å²) in [7, 11) is 1.79. The molecule has 4 nitrogen and oxygen atoms in total. The van der Waals surface area contributed by atoms with E-state index >= 15 is 0 Å². The van der Waals surface area contributed by atoms with Crippen LogP contribution in [0.25, 0.3) is 0 Å². The first-order valence-electron chi connectivity index (χ1n) is 5.27. The molecule has 0 fully saturated rings. The Hall–Kier alpha value is -2.12. The third-order valence-corrected chi connectivity index (χ3v) is 2.90. The predicted molar refractivity (Wildman–Crippen MR) is 63.0 cm³/mol. The third kappa shape index (κ3) is 1.93. The summed E-state index contributed by atoms with van der Waals surface area (Å²) in [5.74, 6) is 0. The zero-order chi connectivity index (χ0) is 12.5. The molecule has 0 aliphatic heterocycles. The average Bonchev–Trinajstić information content (AvgIpc) is 2.76. The van der Waals surface area contributed by atoms with Crippen LogP contribution in [-0.2, 0) is 12.6 Å². The molecule has 1 unspecified atom stereocenters. The van der Waals surface area contributed by atoms with Crippen LogP contribution in [-0.4, -0.2) is 14.9 Å². The number of benzene rings is 1. The molecule has 1 aromatic heterocycles. The molecule has 0 bridgehead atoms. The summed E-state index contributed by atoms with van der Waals surface area (Å²) in [4.78, 5) is 0. The minimum atomic E-state index is -1.11. The van der Waals surface area contributed by atoms with Gasteiger partial charge in [-0.15, -0.1) is 0 Å². The van der Waals surface area contributed by atoms with Crippen LogP contribution in [0.15, 0.2) is 36.5 Å². The molecule has 1 aromatic carbocycles. The number of nitriles is 1. The Balaban J connectivity index is 2.45. The number of hydrogen-bond acceptors (Lipinski definition) is 3. The van der Waals surface area contributed by atoms with Gasteiger partial charge in [0, 0.05) is 13.2 Å². The van der Waals surface area contributed by atoms with Gasteiger partial charge in [0.25, 0.3) is 0 Å². The second-order valence-corrected chi connectivity index (χ2v) is 4.10. The second-order valence-electron chi connectivity index (χ2n) is 4.10. The molecule has 0 radical (unpaired) electrons. The molecular weight excluding hydrogens is 214 g/mol. The minimum Gasteiger partial charge on any atom is -0.379 e. The predicted octanol–water partition coefficient (Wildman–Crippen LogP) is 1.55. The van der Waals surface area contributed by atoms with Crippen LogP contribution in [0.1, 0.15) is 23.7 Å². The van der Waals surface area contributed by atoms with E-state index in [0.717, 1.165) is 5.56 Å².